The lowest BCUT2D eigenvalue weighted by molar-refractivity contribution is -0.118. The third kappa shape index (κ3) is 6.07. The van der Waals surface area contributed by atoms with Crippen LogP contribution in [-0.4, -0.2) is 37.5 Å². The fourth-order valence-electron chi connectivity index (χ4n) is 3.20. The maximum absolute atomic E-state index is 12.7. The zero-order chi connectivity index (χ0) is 20.9. The van der Waals surface area contributed by atoms with Crippen LogP contribution in [0.3, 0.4) is 0 Å². The van der Waals surface area contributed by atoms with Crippen LogP contribution in [0.25, 0.3) is 0 Å². The normalized spacial score (nSPS) is 15.2. The lowest BCUT2D eigenvalue weighted by Gasteiger charge is -2.25. The van der Waals surface area contributed by atoms with E-state index < -0.39 is 10.0 Å². The standard InChI is InChI=1S/C21H25BrN2O3S2/c1-16-13-18(22)7-10-20(16)28-15-21(25)23-14-17-5-8-19(9-6-17)29(26,27)24-11-3-2-4-12-24/h5-10,13H,2-4,11-12,14-15H2,1H3,(H,23,25). The number of nitrogens with one attached hydrogen (secondary N) is 1. The molecule has 1 fully saturated rings. The van der Waals surface area contributed by atoms with Gasteiger partial charge in [0.25, 0.3) is 0 Å². The summed E-state index contributed by atoms with van der Waals surface area (Å²) < 4.78 is 28.0. The molecule has 0 atom stereocenters. The topological polar surface area (TPSA) is 66.5 Å². The first-order valence-electron chi connectivity index (χ1n) is 9.61. The number of nitrogens with zero attached hydrogens (tertiary/aromatic N) is 1. The maximum Gasteiger partial charge on any atom is 0.243 e. The number of carbonyl (C=O) groups is 1. The Morgan fingerprint density at radius 2 is 1.79 bits per heavy atom. The number of hydrogen-bond acceptors (Lipinski definition) is 4. The predicted molar refractivity (Wildman–Crippen MR) is 121 cm³/mol. The van der Waals surface area contributed by atoms with Crippen molar-refractivity contribution in [2.75, 3.05) is 18.8 Å². The highest BCUT2D eigenvalue weighted by Gasteiger charge is 2.25. The Hall–Kier alpha value is -1.35. The van der Waals surface area contributed by atoms with Gasteiger partial charge in [-0.3, -0.25) is 4.79 Å². The van der Waals surface area contributed by atoms with Gasteiger partial charge in [-0.1, -0.05) is 34.5 Å². The fraction of sp³-hybridized carbons (Fsp3) is 0.381. The first-order chi connectivity index (χ1) is 13.9. The van der Waals surface area contributed by atoms with Crippen LogP contribution in [0.2, 0.25) is 0 Å². The summed E-state index contributed by atoms with van der Waals surface area (Å²) >= 11 is 4.94. The molecule has 2 aromatic carbocycles. The van der Waals surface area contributed by atoms with Crippen molar-refractivity contribution < 1.29 is 13.2 Å². The molecule has 0 aliphatic carbocycles. The molecule has 0 spiro atoms. The molecule has 1 N–H and O–H groups in total. The number of sulfonamides is 1. The Kier molecular flexibility index (Phi) is 7.79. The third-order valence-corrected chi connectivity index (χ3v) is 8.44. The molecule has 0 saturated carbocycles. The third-order valence-electron chi connectivity index (χ3n) is 4.86. The van der Waals surface area contributed by atoms with Crippen LogP contribution in [-0.2, 0) is 21.4 Å². The van der Waals surface area contributed by atoms with Crippen LogP contribution in [0.1, 0.15) is 30.4 Å². The summed E-state index contributed by atoms with van der Waals surface area (Å²) in [5.74, 6) is 0.284. The number of thioether (sulfide) groups is 1. The molecule has 2 aromatic rings. The summed E-state index contributed by atoms with van der Waals surface area (Å²) in [6.07, 6.45) is 2.92. The van der Waals surface area contributed by atoms with E-state index in [1.807, 2.05) is 25.1 Å². The van der Waals surface area contributed by atoms with Gasteiger partial charge >= 0.3 is 0 Å². The second-order valence-corrected chi connectivity index (χ2v) is 11.0. The highest BCUT2D eigenvalue weighted by atomic mass is 79.9. The molecule has 1 aliphatic rings. The average molecular weight is 497 g/mol. The van der Waals surface area contributed by atoms with E-state index in [1.54, 1.807) is 28.6 Å². The molecule has 8 heteroatoms. The Bertz CT molecular complexity index is 956. The van der Waals surface area contributed by atoms with E-state index in [-0.39, 0.29) is 5.91 Å². The number of amides is 1. The van der Waals surface area contributed by atoms with Crippen LogP contribution in [0.4, 0.5) is 0 Å². The van der Waals surface area contributed by atoms with Gasteiger partial charge in [-0.15, -0.1) is 11.8 Å². The molecule has 0 unspecified atom stereocenters. The van der Waals surface area contributed by atoms with E-state index in [9.17, 15) is 13.2 Å². The van der Waals surface area contributed by atoms with Gasteiger partial charge in [0.1, 0.15) is 0 Å². The first-order valence-corrected chi connectivity index (χ1v) is 12.8. The predicted octanol–water partition coefficient (Wildman–Crippen LogP) is 4.34. The fourth-order valence-corrected chi connectivity index (χ4v) is 6.04. The molecule has 0 aromatic heterocycles. The van der Waals surface area contributed by atoms with Crippen molar-refractivity contribution in [3.63, 3.8) is 0 Å². The van der Waals surface area contributed by atoms with Gasteiger partial charge in [-0.05, 0) is 61.2 Å². The number of benzene rings is 2. The molecule has 29 heavy (non-hydrogen) atoms. The Morgan fingerprint density at radius 3 is 2.45 bits per heavy atom. The van der Waals surface area contributed by atoms with Crippen molar-refractivity contribution in [1.29, 1.82) is 0 Å². The van der Waals surface area contributed by atoms with Crippen molar-refractivity contribution in [1.82, 2.24) is 9.62 Å². The van der Waals surface area contributed by atoms with Crippen molar-refractivity contribution in [3.8, 4) is 0 Å². The van der Waals surface area contributed by atoms with Crippen LogP contribution in [0, 0.1) is 6.92 Å². The van der Waals surface area contributed by atoms with Crippen LogP contribution >= 0.6 is 27.7 Å². The van der Waals surface area contributed by atoms with E-state index >= 15 is 0 Å². The summed E-state index contributed by atoms with van der Waals surface area (Å²) in [5, 5.41) is 2.89. The molecule has 1 heterocycles. The molecule has 5 nitrogen and oxygen atoms in total. The molecule has 1 aliphatic heterocycles. The molecular weight excluding hydrogens is 472 g/mol. The van der Waals surface area contributed by atoms with Crippen molar-refractivity contribution in [3.05, 3.63) is 58.1 Å². The number of piperidine rings is 1. The Balaban J connectivity index is 1.51. The highest BCUT2D eigenvalue weighted by Crippen LogP contribution is 2.25. The molecule has 1 amide bonds. The highest BCUT2D eigenvalue weighted by molar-refractivity contribution is 9.10. The number of hydrogen-bond donors (Lipinski definition) is 1. The molecular formula is C21H25BrN2O3S2. The van der Waals surface area contributed by atoms with Crippen molar-refractivity contribution in [2.45, 2.75) is 42.5 Å². The van der Waals surface area contributed by atoms with Gasteiger partial charge in [-0.2, -0.15) is 4.31 Å². The van der Waals surface area contributed by atoms with Crippen molar-refractivity contribution >= 4 is 43.6 Å². The minimum atomic E-state index is -3.42. The molecule has 1 saturated heterocycles. The minimum absolute atomic E-state index is 0.0534. The zero-order valence-electron chi connectivity index (χ0n) is 16.4. The number of carbonyl (C=O) groups excluding carboxylic acids is 1. The van der Waals surface area contributed by atoms with Crippen molar-refractivity contribution in [2.24, 2.45) is 0 Å². The van der Waals surface area contributed by atoms with E-state index in [0.29, 0.717) is 30.3 Å². The Morgan fingerprint density at radius 1 is 1.10 bits per heavy atom. The quantitative estimate of drug-likeness (QED) is 0.578. The molecule has 0 radical (unpaired) electrons. The number of rotatable bonds is 7. The Labute approximate surface area is 185 Å². The smallest absolute Gasteiger partial charge is 0.243 e. The van der Waals surface area contributed by atoms with Crippen LogP contribution < -0.4 is 5.32 Å². The summed E-state index contributed by atoms with van der Waals surface area (Å²) in [6.45, 7) is 3.58. The second kappa shape index (κ2) is 10.1. The van der Waals surface area contributed by atoms with Gasteiger partial charge in [-0.25, -0.2) is 8.42 Å². The lowest BCUT2D eigenvalue weighted by atomic mass is 10.2. The van der Waals surface area contributed by atoms with E-state index in [0.717, 1.165) is 39.8 Å². The van der Waals surface area contributed by atoms with E-state index in [4.69, 9.17) is 0 Å². The largest absolute Gasteiger partial charge is 0.351 e. The first kappa shape index (κ1) is 22.3. The second-order valence-electron chi connectivity index (χ2n) is 7.08. The monoisotopic (exact) mass is 496 g/mol. The summed E-state index contributed by atoms with van der Waals surface area (Å²) in [6, 6.07) is 12.8. The van der Waals surface area contributed by atoms with Gasteiger partial charge in [0.05, 0.1) is 10.6 Å². The van der Waals surface area contributed by atoms with E-state index in [2.05, 4.69) is 21.2 Å². The summed E-state index contributed by atoms with van der Waals surface area (Å²) in [7, 11) is -3.42. The average Bonchev–Trinajstić information content (AvgIpc) is 2.72. The minimum Gasteiger partial charge on any atom is -0.351 e. The van der Waals surface area contributed by atoms with Gasteiger partial charge in [0.15, 0.2) is 0 Å². The van der Waals surface area contributed by atoms with E-state index in [1.165, 1.54) is 11.8 Å². The van der Waals surface area contributed by atoms with Gasteiger partial charge in [0, 0.05) is 29.0 Å². The van der Waals surface area contributed by atoms with Gasteiger partial charge < -0.3 is 5.32 Å². The van der Waals surface area contributed by atoms with Crippen LogP contribution in [0.5, 0.6) is 0 Å². The van der Waals surface area contributed by atoms with Gasteiger partial charge in [0.2, 0.25) is 15.9 Å². The SMILES string of the molecule is Cc1cc(Br)ccc1SCC(=O)NCc1ccc(S(=O)(=O)N2CCCCC2)cc1. The molecule has 156 valence electrons. The summed E-state index contributed by atoms with van der Waals surface area (Å²) in [4.78, 5) is 13.6. The lowest BCUT2D eigenvalue weighted by Crippen LogP contribution is -2.35. The maximum atomic E-state index is 12.7. The number of halogens is 1. The molecule has 0 bridgehead atoms. The summed E-state index contributed by atoms with van der Waals surface area (Å²) in [5.41, 5.74) is 2.00. The molecule has 3 rings (SSSR count). The zero-order valence-corrected chi connectivity index (χ0v) is 19.6. The number of aryl methyl sites for hydroxylation is 1. The van der Waals surface area contributed by atoms with Crippen LogP contribution in [0.15, 0.2) is 56.7 Å².